The molecule has 0 aromatic heterocycles. The molecule has 0 spiro atoms. The van der Waals surface area contributed by atoms with E-state index in [1.165, 1.54) is 10.6 Å². The third-order valence-corrected chi connectivity index (χ3v) is 6.31. The fourth-order valence-electron chi connectivity index (χ4n) is 3.72. The summed E-state index contributed by atoms with van der Waals surface area (Å²) in [6.07, 6.45) is 1.83. The van der Waals surface area contributed by atoms with Gasteiger partial charge in [-0.3, -0.25) is 9.10 Å². The minimum atomic E-state index is -3.35. The zero-order chi connectivity index (χ0) is 21.4. The van der Waals surface area contributed by atoms with Crippen LogP contribution < -0.4 is 14.4 Å². The molecule has 7 heteroatoms. The highest BCUT2D eigenvalue weighted by Crippen LogP contribution is 2.40. The van der Waals surface area contributed by atoms with Gasteiger partial charge in [-0.2, -0.15) is 0 Å². The Morgan fingerprint density at radius 3 is 2.45 bits per heavy atom. The topological polar surface area (TPSA) is 75.7 Å². The Bertz CT molecular complexity index is 1010. The third kappa shape index (κ3) is 4.72. The monoisotopic (exact) mass is 416 g/mol. The molecule has 1 N–H and O–H groups in total. The predicted molar refractivity (Wildman–Crippen MR) is 115 cm³/mol. The Kier molecular flexibility index (Phi) is 5.63. The maximum absolute atomic E-state index is 12.9. The van der Waals surface area contributed by atoms with Gasteiger partial charge in [-0.15, -0.1) is 0 Å². The SMILES string of the molecule is CCN(c1ccc(C(=O)N[C@@H]2CC(C)(C)Oc3cc(C)ccc32)cc1)S(C)(=O)=O. The quantitative estimate of drug-likeness (QED) is 0.804. The molecule has 156 valence electrons. The first-order valence-corrected chi connectivity index (χ1v) is 11.5. The van der Waals surface area contributed by atoms with Gasteiger partial charge in [-0.1, -0.05) is 12.1 Å². The van der Waals surface area contributed by atoms with E-state index in [4.69, 9.17) is 4.74 Å². The predicted octanol–water partition coefficient (Wildman–Crippen LogP) is 3.81. The van der Waals surface area contributed by atoms with Crippen LogP contribution in [0.15, 0.2) is 42.5 Å². The summed E-state index contributed by atoms with van der Waals surface area (Å²) < 4.78 is 31.2. The lowest BCUT2D eigenvalue weighted by Gasteiger charge is -2.38. The number of aryl methyl sites for hydroxylation is 1. The van der Waals surface area contributed by atoms with Crippen molar-refractivity contribution in [2.24, 2.45) is 0 Å². The molecule has 0 fully saturated rings. The lowest BCUT2D eigenvalue weighted by atomic mass is 9.89. The third-order valence-electron chi connectivity index (χ3n) is 5.04. The van der Waals surface area contributed by atoms with Gasteiger partial charge in [0.25, 0.3) is 5.91 Å². The first kappa shape index (κ1) is 21.2. The van der Waals surface area contributed by atoms with Crippen LogP contribution in [0.25, 0.3) is 0 Å². The molecule has 0 saturated heterocycles. The number of amides is 1. The van der Waals surface area contributed by atoms with Crippen LogP contribution in [0.5, 0.6) is 5.75 Å². The summed E-state index contributed by atoms with van der Waals surface area (Å²) >= 11 is 0. The summed E-state index contributed by atoms with van der Waals surface area (Å²) in [6, 6.07) is 12.5. The minimum absolute atomic E-state index is 0.162. The van der Waals surface area contributed by atoms with Gasteiger partial charge < -0.3 is 10.1 Å². The Morgan fingerprint density at radius 1 is 1.21 bits per heavy atom. The van der Waals surface area contributed by atoms with Crippen molar-refractivity contribution in [2.45, 2.75) is 45.8 Å². The van der Waals surface area contributed by atoms with Crippen LogP contribution >= 0.6 is 0 Å². The van der Waals surface area contributed by atoms with Crippen LogP contribution in [0.1, 0.15) is 54.7 Å². The van der Waals surface area contributed by atoms with E-state index in [2.05, 4.69) is 5.32 Å². The van der Waals surface area contributed by atoms with Crippen molar-refractivity contribution in [2.75, 3.05) is 17.1 Å². The molecule has 1 heterocycles. The molecule has 0 unspecified atom stereocenters. The molecule has 0 radical (unpaired) electrons. The number of nitrogens with one attached hydrogen (secondary N) is 1. The van der Waals surface area contributed by atoms with E-state index in [-0.39, 0.29) is 17.6 Å². The van der Waals surface area contributed by atoms with E-state index in [0.29, 0.717) is 24.2 Å². The smallest absolute Gasteiger partial charge is 0.251 e. The van der Waals surface area contributed by atoms with E-state index in [1.54, 1.807) is 31.2 Å². The molecular weight excluding hydrogens is 388 g/mol. The molecule has 0 aliphatic carbocycles. The summed E-state index contributed by atoms with van der Waals surface area (Å²) in [4.78, 5) is 12.9. The number of anilines is 1. The lowest BCUT2D eigenvalue weighted by Crippen LogP contribution is -2.41. The highest BCUT2D eigenvalue weighted by Gasteiger charge is 2.34. The standard InChI is InChI=1S/C22H28N2O4S/c1-6-24(29(5,26)27)17-10-8-16(9-11-17)21(25)23-19-14-22(3,4)28-20-13-15(2)7-12-18(19)20/h7-13,19H,6,14H2,1-5H3,(H,23,25)/t19-/m1/s1. The fraction of sp³-hybridized carbons (Fsp3) is 0.409. The highest BCUT2D eigenvalue weighted by atomic mass is 32.2. The van der Waals surface area contributed by atoms with Crippen molar-refractivity contribution in [3.63, 3.8) is 0 Å². The van der Waals surface area contributed by atoms with Crippen LogP contribution in [0.3, 0.4) is 0 Å². The van der Waals surface area contributed by atoms with E-state index in [9.17, 15) is 13.2 Å². The molecule has 1 atom stereocenters. The number of carbonyl (C=O) groups excluding carboxylic acids is 1. The molecule has 0 bridgehead atoms. The van der Waals surface area contributed by atoms with Crippen LogP contribution in [-0.2, 0) is 10.0 Å². The van der Waals surface area contributed by atoms with Gasteiger partial charge in [0.2, 0.25) is 10.0 Å². The van der Waals surface area contributed by atoms with Gasteiger partial charge in [0.05, 0.1) is 18.0 Å². The molecule has 1 amide bonds. The van der Waals surface area contributed by atoms with E-state index in [1.807, 2.05) is 39.0 Å². The number of hydrogen-bond acceptors (Lipinski definition) is 4. The van der Waals surface area contributed by atoms with E-state index in [0.717, 1.165) is 16.9 Å². The maximum Gasteiger partial charge on any atom is 0.251 e. The first-order chi connectivity index (χ1) is 13.5. The molecule has 6 nitrogen and oxygen atoms in total. The van der Waals surface area contributed by atoms with Crippen molar-refractivity contribution in [1.29, 1.82) is 0 Å². The van der Waals surface area contributed by atoms with Crippen LogP contribution in [0, 0.1) is 6.92 Å². The van der Waals surface area contributed by atoms with Crippen molar-refractivity contribution in [3.05, 3.63) is 59.2 Å². The molecular formula is C22H28N2O4S. The molecule has 3 rings (SSSR count). The summed E-state index contributed by atoms with van der Waals surface area (Å²) in [5.74, 6) is 0.599. The zero-order valence-electron chi connectivity index (χ0n) is 17.5. The first-order valence-electron chi connectivity index (χ1n) is 9.68. The van der Waals surface area contributed by atoms with E-state index < -0.39 is 10.0 Å². The highest BCUT2D eigenvalue weighted by molar-refractivity contribution is 7.92. The molecule has 1 aliphatic rings. The van der Waals surface area contributed by atoms with Crippen molar-refractivity contribution in [1.82, 2.24) is 5.32 Å². The second-order valence-electron chi connectivity index (χ2n) is 8.11. The Hall–Kier alpha value is -2.54. The zero-order valence-corrected chi connectivity index (χ0v) is 18.3. The van der Waals surface area contributed by atoms with Crippen LogP contribution in [0.2, 0.25) is 0 Å². The second kappa shape index (κ2) is 7.71. The number of nitrogens with zero attached hydrogens (tertiary/aromatic N) is 1. The number of sulfonamides is 1. The number of carbonyl (C=O) groups is 1. The number of benzene rings is 2. The van der Waals surface area contributed by atoms with Gasteiger partial charge in [0.1, 0.15) is 11.4 Å². The lowest BCUT2D eigenvalue weighted by molar-refractivity contribution is 0.0619. The van der Waals surface area contributed by atoms with Gasteiger partial charge >= 0.3 is 0 Å². The Balaban J connectivity index is 1.82. The fourth-order valence-corrected chi connectivity index (χ4v) is 4.69. The average Bonchev–Trinajstić information content (AvgIpc) is 2.60. The summed E-state index contributed by atoms with van der Waals surface area (Å²) in [7, 11) is -3.35. The molecule has 2 aromatic rings. The van der Waals surface area contributed by atoms with Crippen LogP contribution in [0.4, 0.5) is 5.69 Å². The molecule has 1 aliphatic heterocycles. The van der Waals surface area contributed by atoms with E-state index >= 15 is 0 Å². The number of hydrogen-bond donors (Lipinski definition) is 1. The van der Waals surface area contributed by atoms with Crippen molar-refractivity contribution < 1.29 is 17.9 Å². The molecule has 29 heavy (non-hydrogen) atoms. The van der Waals surface area contributed by atoms with Crippen molar-refractivity contribution >= 4 is 21.6 Å². The average molecular weight is 417 g/mol. The van der Waals surface area contributed by atoms with Gasteiger partial charge in [0.15, 0.2) is 0 Å². The Morgan fingerprint density at radius 2 is 1.86 bits per heavy atom. The number of rotatable bonds is 5. The van der Waals surface area contributed by atoms with Gasteiger partial charge in [-0.25, -0.2) is 8.42 Å². The van der Waals surface area contributed by atoms with Gasteiger partial charge in [-0.05, 0) is 63.6 Å². The Labute approximate surface area is 172 Å². The van der Waals surface area contributed by atoms with Gasteiger partial charge in [0, 0.05) is 24.1 Å². The largest absolute Gasteiger partial charge is 0.487 e. The van der Waals surface area contributed by atoms with Crippen LogP contribution in [-0.4, -0.2) is 32.7 Å². The minimum Gasteiger partial charge on any atom is -0.487 e. The molecule has 2 aromatic carbocycles. The number of fused-ring (bicyclic) bond motifs is 1. The number of ether oxygens (including phenoxy) is 1. The second-order valence-corrected chi connectivity index (χ2v) is 10.0. The molecule has 0 saturated carbocycles. The summed E-state index contributed by atoms with van der Waals surface area (Å²) in [6.45, 7) is 8.13. The summed E-state index contributed by atoms with van der Waals surface area (Å²) in [5.41, 5.74) is 2.71. The summed E-state index contributed by atoms with van der Waals surface area (Å²) in [5, 5.41) is 3.11. The van der Waals surface area contributed by atoms with Crippen molar-refractivity contribution in [3.8, 4) is 5.75 Å². The maximum atomic E-state index is 12.9. The normalized spacial score (nSPS) is 17.8.